The molecule has 31 heavy (non-hydrogen) atoms. The monoisotopic (exact) mass is 442 g/mol. The lowest BCUT2D eigenvalue weighted by molar-refractivity contribution is -0.118. The van der Waals surface area contributed by atoms with Crippen molar-refractivity contribution in [2.45, 2.75) is 39.1 Å². The minimum absolute atomic E-state index is 0.106. The molecule has 0 bridgehead atoms. The number of carbonyl (C=O) groups excluding carboxylic acids is 1. The molecule has 9 heteroatoms. The number of amides is 1. The topological polar surface area (TPSA) is 68.2 Å². The molecule has 1 aliphatic rings. The summed E-state index contributed by atoms with van der Waals surface area (Å²) < 4.78 is 35.0. The van der Waals surface area contributed by atoms with Gasteiger partial charge in [-0.2, -0.15) is 4.98 Å². The van der Waals surface area contributed by atoms with E-state index in [9.17, 15) is 13.6 Å². The summed E-state index contributed by atoms with van der Waals surface area (Å²) in [6.45, 7) is 7.06. The number of hydrogen-bond donors (Lipinski definition) is 0. The molecule has 6 nitrogen and oxygen atoms in total. The van der Waals surface area contributed by atoms with Crippen LogP contribution >= 0.6 is 11.8 Å². The van der Waals surface area contributed by atoms with Gasteiger partial charge >= 0.3 is 0 Å². The van der Waals surface area contributed by atoms with Gasteiger partial charge in [0.25, 0.3) is 0 Å². The minimum Gasteiger partial charge on any atom is -0.447 e. The predicted molar refractivity (Wildman–Crippen MR) is 114 cm³/mol. The van der Waals surface area contributed by atoms with Crippen LogP contribution in [0.5, 0.6) is 5.88 Å². The van der Waals surface area contributed by atoms with Crippen LogP contribution < -0.4 is 9.64 Å². The van der Waals surface area contributed by atoms with Gasteiger partial charge in [0.15, 0.2) is 17.3 Å². The highest BCUT2D eigenvalue weighted by molar-refractivity contribution is 7.99. The van der Waals surface area contributed by atoms with E-state index in [0.29, 0.717) is 22.1 Å². The molecule has 0 saturated carbocycles. The summed E-state index contributed by atoms with van der Waals surface area (Å²) in [5, 5.41) is 8.88. The summed E-state index contributed by atoms with van der Waals surface area (Å²) >= 11 is 1.37. The van der Waals surface area contributed by atoms with E-state index in [1.807, 2.05) is 32.9 Å². The minimum atomic E-state index is -1.27. The first-order chi connectivity index (χ1) is 14.8. The van der Waals surface area contributed by atoms with Crippen molar-refractivity contribution >= 4 is 23.4 Å². The first kappa shape index (κ1) is 21.2. The van der Waals surface area contributed by atoms with E-state index in [1.54, 1.807) is 0 Å². The third-order valence-electron chi connectivity index (χ3n) is 4.89. The van der Waals surface area contributed by atoms with Crippen LogP contribution in [-0.2, 0) is 4.79 Å². The molecule has 1 atom stereocenters. The number of ether oxygens (including phenoxy) is 1. The lowest BCUT2D eigenvalue weighted by Gasteiger charge is -2.31. The van der Waals surface area contributed by atoms with Crippen molar-refractivity contribution in [3.63, 3.8) is 0 Å². The molecule has 2 heterocycles. The number of anilines is 1. The maximum atomic E-state index is 14.8. The molecule has 160 valence electrons. The van der Waals surface area contributed by atoms with Crippen molar-refractivity contribution in [3.05, 3.63) is 58.7 Å². The van der Waals surface area contributed by atoms with E-state index in [0.717, 1.165) is 22.9 Å². The van der Waals surface area contributed by atoms with E-state index in [1.165, 1.54) is 35.7 Å². The van der Waals surface area contributed by atoms with Gasteiger partial charge in [-0.15, -0.1) is 10.2 Å². The number of benzene rings is 2. The lowest BCUT2D eigenvalue weighted by atomic mass is 10.00. The third kappa shape index (κ3) is 3.74. The normalized spacial score (nSPS) is 15.0. The van der Waals surface area contributed by atoms with Crippen LogP contribution in [0.2, 0.25) is 0 Å². The predicted octanol–water partition coefficient (Wildman–Crippen LogP) is 4.99. The second-order valence-electron chi connectivity index (χ2n) is 7.16. The smallest absolute Gasteiger partial charge is 0.247 e. The van der Waals surface area contributed by atoms with Crippen molar-refractivity contribution in [1.82, 2.24) is 15.2 Å². The molecule has 0 unspecified atom stereocenters. The average molecular weight is 442 g/mol. The highest BCUT2D eigenvalue weighted by Crippen LogP contribution is 2.45. The first-order valence-electron chi connectivity index (χ1n) is 9.71. The van der Waals surface area contributed by atoms with Crippen molar-refractivity contribution in [1.29, 1.82) is 0 Å². The molecule has 2 aromatic carbocycles. The van der Waals surface area contributed by atoms with E-state index in [2.05, 4.69) is 15.2 Å². The number of hydrogen-bond acceptors (Lipinski definition) is 6. The first-order valence-corrected chi connectivity index (χ1v) is 10.7. The molecule has 1 aliphatic heterocycles. The number of aromatic nitrogens is 3. The number of rotatable bonds is 3. The maximum absolute atomic E-state index is 14.8. The van der Waals surface area contributed by atoms with E-state index in [-0.39, 0.29) is 11.4 Å². The molecular weight excluding hydrogens is 422 g/mol. The Morgan fingerprint density at radius 3 is 2.71 bits per heavy atom. The summed E-state index contributed by atoms with van der Waals surface area (Å²) in [4.78, 5) is 18.6. The average Bonchev–Trinajstić information content (AvgIpc) is 2.85. The standard InChI is InChI=1S/C22H20F2N4O2S/c1-5-31-22-25-20-18(26-27-22)15-10-11(2)9-12(3)19(15)28(13(4)29)21(30-20)14-7-6-8-16(23)17(14)24/h6-10,21H,5H2,1-4H3/t21-/m0/s1. The van der Waals surface area contributed by atoms with Crippen LogP contribution in [0, 0.1) is 25.5 Å². The molecule has 0 saturated heterocycles. The number of halogens is 2. The summed E-state index contributed by atoms with van der Waals surface area (Å²) in [5.41, 5.74) is 3.02. The van der Waals surface area contributed by atoms with Crippen LogP contribution in [0.15, 0.2) is 35.5 Å². The molecule has 3 aromatic rings. The highest BCUT2D eigenvalue weighted by atomic mass is 32.2. The summed E-state index contributed by atoms with van der Waals surface area (Å²) in [6.07, 6.45) is -1.27. The van der Waals surface area contributed by atoms with Gasteiger partial charge in [0.1, 0.15) is 0 Å². The Kier molecular flexibility index (Phi) is 5.62. The fourth-order valence-corrected chi connectivity index (χ4v) is 4.22. The molecule has 0 N–H and O–H groups in total. The van der Waals surface area contributed by atoms with Gasteiger partial charge in [0.05, 0.1) is 11.3 Å². The maximum Gasteiger partial charge on any atom is 0.247 e. The number of fused-ring (bicyclic) bond motifs is 3. The van der Waals surface area contributed by atoms with Crippen LogP contribution in [-0.4, -0.2) is 26.8 Å². The number of thioether (sulfide) groups is 1. The molecule has 0 fully saturated rings. The van der Waals surface area contributed by atoms with Gasteiger partial charge < -0.3 is 4.74 Å². The summed E-state index contributed by atoms with van der Waals surface area (Å²) in [6, 6.07) is 7.54. The lowest BCUT2D eigenvalue weighted by Crippen LogP contribution is -2.37. The Morgan fingerprint density at radius 2 is 2.00 bits per heavy atom. The van der Waals surface area contributed by atoms with Gasteiger partial charge in [-0.25, -0.2) is 8.78 Å². The van der Waals surface area contributed by atoms with Crippen molar-refractivity contribution in [3.8, 4) is 17.1 Å². The zero-order valence-electron chi connectivity index (χ0n) is 17.4. The summed E-state index contributed by atoms with van der Waals surface area (Å²) in [7, 11) is 0. The Morgan fingerprint density at radius 1 is 1.23 bits per heavy atom. The van der Waals surface area contributed by atoms with E-state index >= 15 is 0 Å². The van der Waals surface area contributed by atoms with Gasteiger partial charge in [-0.05, 0) is 37.3 Å². The Balaban J connectivity index is 2.05. The van der Waals surface area contributed by atoms with Crippen LogP contribution in [0.4, 0.5) is 14.5 Å². The van der Waals surface area contributed by atoms with Crippen LogP contribution in [0.1, 0.15) is 36.8 Å². The van der Waals surface area contributed by atoms with Gasteiger partial charge in [-0.1, -0.05) is 42.4 Å². The molecule has 0 radical (unpaired) electrons. The van der Waals surface area contributed by atoms with Crippen molar-refractivity contribution in [2.75, 3.05) is 10.7 Å². The Hall–Kier alpha value is -3.07. The largest absolute Gasteiger partial charge is 0.447 e. The Bertz CT molecular complexity index is 1190. The van der Waals surface area contributed by atoms with Gasteiger partial charge in [-0.3, -0.25) is 9.69 Å². The third-order valence-corrected chi connectivity index (χ3v) is 5.61. The number of aryl methyl sites for hydroxylation is 2. The SMILES string of the molecule is CCSc1nnc2c(n1)O[C@@H](c1cccc(F)c1F)N(C(C)=O)c1c(C)cc(C)cc1-2. The number of carbonyl (C=O) groups is 1. The fourth-order valence-electron chi connectivity index (χ4n) is 3.71. The fraction of sp³-hybridized carbons (Fsp3) is 0.273. The molecule has 1 aromatic heterocycles. The zero-order valence-corrected chi connectivity index (χ0v) is 18.3. The zero-order chi connectivity index (χ0) is 22.3. The highest BCUT2D eigenvalue weighted by Gasteiger charge is 2.37. The van der Waals surface area contributed by atoms with Crippen molar-refractivity contribution < 1.29 is 18.3 Å². The molecule has 1 amide bonds. The molecular formula is C22H20F2N4O2S. The molecule has 4 rings (SSSR count). The van der Waals surface area contributed by atoms with Gasteiger partial charge in [0.2, 0.25) is 23.2 Å². The second kappa shape index (κ2) is 8.22. The summed E-state index contributed by atoms with van der Waals surface area (Å²) in [5.74, 6) is -1.69. The molecule has 0 spiro atoms. The van der Waals surface area contributed by atoms with Crippen LogP contribution in [0.25, 0.3) is 11.3 Å². The second-order valence-corrected chi connectivity index (χ2v) is 8.39. The number of nitrogens with zero attached hydrogens (tertiary/aromatic N) is 4. The molecule has 0 aliphatic carbocycles. The van der Waals surface area contributed by atoms with E-state index < -0.39 is 23.8 Å². The Labute approximate surface area is 182 Å². The van der Waals surface area contributed by atoms with E-state index in [4.69, 9.17) is 4.74 Å². The quantitative estimate of drug-likeness (QED) is 0.533. The van der Waals surface area contributed by atoms with Crippen LogP contribution in [0.3, 0.4) is 0 Å². The van der Waals surface area contributed by atoms with Gasteiger partial charge in [0, 0.05) is 12.5 Å². The van der Waals surface area contributed by atoms with Crippen molar-refractivity contribution in [2.24, 2.45) is 0 Å².